The first-order chi connectivity index (χ1) is 9.54. The van der Waals surface area contributed by atoms with Gasteiger partial charge >= 0.3 is 0 Å². The summed E-state index contributed by atoms with van der Waals surface area (Å²) in [5, 5.41) is 3.05. The predicted molar refractivity (Wildman–Crippen MR) is 78.1 cm³/mol. The summed E-state index contributed by atoms with van der Waals surface area (Å²) >= 11 is 6.05. The Morgan fingerprint density at radius 2 is 2.00 bits per heavy atom. The average molecular weight is 287 g/mol. The van der Waals surface area contributed by atoms with Gasteiger partial charge < -0.3 is 11.1 Å². The minimum absolute atomic E-state index is 0.0601. The van der Waals surface area contributed by atoms with Gasteiger partial charge in [-0.25, -0.2) is 0 Å². The number of hydrogen-bond donors (Lipinski definition) is 2. The zero-order valence-electron chi connectivity index (χ0n) is 10.4. The quantitative estimate of drug-likeness (QED) is 0.658. The summed E-state index contributed by atoms with van der Waals surface area (Å²) < 4.78 is 0. The Labute approximate surface area is 120 Å². The maximum absolute atomic E-state index is 12.4. The smallest absolute Gasteiger partial charge is 0.228 e. The van der Waals surface area contributed by atoms with Crippen molar-refractivity contribution >= 4 is 34.7 Å². The van der Waals surface area contributed by atoms with E-state index in [9.17, 15) is 9.59 Å². The zero-order chi connectivity index (χ0) is 14.3. The largest absolute Gasteiger partial charge is 0.399 e. The van der Waals surface area contributed by atoms with Crippen LogP contribution in [0.1, 0.15) is 21.5 Å². The van der Waals surface area contributed by atoms with Gasteiger partial charge in [-0.05, 0) is 42.0 Å². The molecule has 0 saturated carbocycles. The second kappa shape index (κ2) is 4.65. The fraction of sp³-hybridized carbons (Fsp3) is 0.0667. The number of rotatable bonds is 2. The number of nitrogen functional groups attached to an aromatic ring is 1. The number of carbonyl (C=O) groups excluding carboxylic acids is 2. The number of amides is 1. The fourth-order valence-corrected chi connectivity index (χ4v) is 2.52. The summed E-state index contributed by atoms with van der Waals surface area (Å²) in [7, 11) is 0. The Kier molecular flexibility index (Phi) is 2.95. The molecule has 0 aliphatic carbocycles. The molecule has 0 saturated heterocycles. The number of benzene rings is 2. The molecular formula is C15H11ClN2O2. The van der Waals surface area contributed by atoms with Crippen molar-refractivity contribution in [2.45, 2.75) is 6.42 Å². The summed E-state index contributed by atoms with van der Waals surface area (Å²) in [5.74, 6) is -0.243. The number of anilines is 2. The number of fused-ring (bicyclic) bond motifs is 1. The Hall–Kier alpha value is -2.33. The molecule has 4 nitrogen and oxygen atoms in total. The van der Waals surface area contributed by atoms with E-state index in [0.717, 1.165) is 11.3 Å². The van der Waals surface area contributed by atoms with Crippen LogP contribution in [0.15, 0.2) is 36.4 Å². The van der Waals surface area contributed by atoms with Crippen LogP contribution >= 0.6 is 11.6 Å². The maximum Gasteiger partial charge on any atom is 0.228 e. The van der Waals surface area contributed by atoms with E-state index in [1.807, 2.05) is 0 Å². The van der Waals surface area contributed by atoms with Gasteiger partial charge in [0.1, 0.15) is 0 Å². The van der Waals surface area contributed by atoms with Crippen molar-refractivity contribution in [1.82, 2.24) is 0 Å². The molecule has 5 heteroatoms. The summed E-state index contributed by atoms with van der Waals surface area (Å²) in [6.45, 7) is 0. The van der Waals surface area contributed by atoms with Gasteiger partial charge in [0.25, 0.3) is 0 Å². The van der Waals surface area contributed by atoms with Crippen LogP contribution in [0.2, 0.25) is 5.02 Å². The minimum atomic E-state index is -0.183. The first kappa shape index (κ1) is 12.7. The van der Waals surface area contributed by atoms with Crippen molar-refractivity contribution in [3.05, 3.63) is 58.1 Å². The van der Waals surface area contributed by atoms with Crippen LogP contribution in [0.4, 0.5) is 11.4 Å². The molecule has 3 rings (SSSR count). The van der Waals surface area contributed by atoms with Crippen molar-refractivity contribution in [2.75, 3.05) is 11.1 Å². The van der Waals surface area contributed by atoms with E-state index < -0.39 is 0 Å². The molecule has 2 aromatic rings. The Morgan fingerprint density at radius 1 is 1.20 bits per heavy atom. The molecular weight excluding hydrogens is 276 g/mol. The van der Waals surface area contributed by atoms with E-state index >= 15 is 0 Å². The number of nitrogens with two attached hydrogens (primary N) is 1. The number of carbonyl (C=O) groups is 2. The van der Waals surface area contributed by atoms with Gasteiger partial charge in [-0.1, -0.05) is 11.6 Å². The lowest BCUT2D eigenvalue weighted by Crippen LogP contribution is -2.03. The molecule has 1 heterocycles. The molecule has 0 aromatic heterocycles. The van der Waals surface area contributed by atoms with E-state index in [0.29, 0.717) is 28.3 Å². The van der Waals surface area contributed by atoms with Crippen LogP contribution in [0, 0.1) is 0 Å². The van der Waals surface area contributed by atoms with Gasteiger partial charge in [0.2, 0.25) is 5.91 Å². The topological polar surface area (TPSA) is 72.2 Å². The second-order valence-electron chi connectivity index (χ2n) is 4.67. The summed E-state index contributed by atoms with van der Waals surface area (Å²) in [6.07, 6.45) is 0.298. The van der Waals surface area contributed by atoms with Crippen LogP contribution in [0.25, 0.3) is 0 Å². The normalized spacial score (nSPS) is 12.9. The van der Waals surface area contributed by atoms with Crippen molar-refractivity contribution < 1.29 is 9.59 Å². The maximum atomic E-state index is 12.4. The highest BCUT2D eigenvalue weighted by Gasteiger charge is 2.20. The molecule has 1 aliphatic rings. The second-order valence-corrected chi connectivity index (χ2v) is 5.07. The first-order valence-electron chi connectivity index (χ1n) is 6.07. The van der Waals surface area contributed by atoms with Crippen molar-refractivity contribution in [1.29, 1.82) is 0 Å². The van der Waals surface area contributed by atoms with Gasteiger partial charge in [0.05, 0.1) is 11.4 Å². The highest BCUT2D eigenvalue weighted by atomic mass is 35.5. The highest BCUT2D eigenvalue weighted by Crippen LogP contribution is 2.27. The lowest BCUT2D eigenvalue weighted by Gasteiger charge is -2.06. The third-order valence-corrected chi connectivity index (χ3v) is 3.54. The molecule has 2 aromatic carbocycles. The number of hydrogen-bond acceptors (Lipinski definition) is 3. The Balaban J connectivity index is 1.99. The number of ketones is 1. The molecule has 0 radical (unpaired) electrons. The van der Waals surface area contributed by atoms with Gasteiger partial charge in [0.15, 0.2) is 5.78 Å². The summed E-state index contributed by atoms with van der Waals surface area (Å²) in [5.41, 5.74) is 8.62. The highest BCUT2D eigenvalue weighted by molar-refractivity contribution is 6.35. The molecule has 0 bridgehead atoms. The fourth-order valence-electron chi connectivity index (χ4n) is 2.24. The SMILES string of the molecule is Nc1ccc(C(=O)c2ccc3c(c2)CC(=O)N3)c(Cl)c1. The predicted octanol–water partition coefficient (Wildman–Crippen LogP) is 2.65. The standard InChI is InChI=1S/C15H11ClN2O2/c16-12-7-10(17)2-3-11(12)15(20)8-1-4-13-9(5-8)6-14(19)18-13/h1-5,7H,6,17H2,(H,18,19). The third kappa shape index (κ3) is 2.14. The van der Waals surface area contributed by atoms with E-state index in [1.54, 1.807) is 36.4 Å². The third-order valence-electron chi connectivity index (χ3n) is 3.23. The molecule has 0 atom stereocenters. The van der Waals surface area contributed by atoms with Crippen LogP contribution in [-0.4, -0.2) is 11.7 Å². The van der Waals surface area contributed by atoms with E-state index in [1.165, 1.54) is 0 Å². The van der Waals surface area contributed by atoms with Crippen molar-refractivity contribution in [2.24, 2.45) is 0 Å². The summed E-state index contributed by atoms with van der Waals surface area (Å²) in [4.78, 5) is 23.7. The van der Waals surface area contributed by atoms with Gasteiger partial charge in [-0.2, -0.15) is 0 Å². The van der Waals surface area contributed by atoms with Crippen LogP contribution < -0.4 is 11.1 Å². The Bertz CT molecular complexity index is 741. The molecule has 0 spiro atoms. The van der Waals surface area contributed by atoms with Crippen LogP contribution in [0.5, 0.6) is 0 Å². The van der Waals surface area contributed by atoms with Gasteiger partial charge in [0, 0.05) is 22.5 Å². The van der Waals surface area contributed by atoms with Crippen molar-refractivity contribution in [3.63, 3.8) is 0 Å². The van der Waals surface area contributed by atoms with E-state index in [-0.39, 0.29) is 11.7 Å². The van der Waals surface area contributed by atoms with Crippen LogP contribution in [0.3, 0.4) is 0 Å². The molecule has 1 aliphatic heterocycles. The number of halogens is 1. The van der Waals surface area contributed by atoms with Gasteiger partial charge in [-0.3, -0.25) is 9.59 Å². The van der Waals surface area contributed by atoms with Crippen molar-refractivity contribution in [3.8, 4) is 0 Å². The monoisotopic (exact) mass is 286 g/mol. The Morgan fingerprint density at radius 3 is 2.75 bits per heavy atom. The first-order valence-corrected chi connectivity index (χ1v) is 6.45. The number of nitrogens with one attached hydrogen (secondary N) is 1. The molecule has 1 amide bonds. The van der Waals surface area contributed by atoms with E-state index in [4.69, 9.17) is 17.3 Å². The molecule has 0 unspecified atom stereocenters. The molecule has 3 N–H and O–H groups in total. The zero-order valence-corrected chi connectivity index (χ0v) is 11.2. The van der Waals surface area contributed by atoms with Gasteiger partial charge in [-0.15, -0.1) is 0 Å². The minimum Gasteiger partial charge on any atom is -0.399 e. The molecule has 100 valence electrons. The van der Waals surface area contributed by atoms with E-state index in [2.05, 4.69) is 5.32 Å². The molecule has 20 heavy (non-hydrogen) atoms. The average Bonchev–Trinajstić information content (AvgIpc) is 2.77. The van der Waals surface area contributed by atoms with Crippen LogP contribution in [-0.2, 0) is 11.2 Å². The summed E-state index contributed by atoms with van der Waals surface area (Å²) in [6, 6.07) is 9.93. The molecule has 0 fully saturated rings. The lowest BCUT2D eigenvalue weighted by atomic mass is 10.00. The lowest BCUT2D eigenvalue weighted by molar-refractivity contribution is -0.115.